The number of benzene rings is 2. The maximum absolute atomic E-state index is 11.8. The number of rotatable bonds is 5. The molecule has 3 rings (SSSR count). The fourth-order valence-corrected chi connectivity index (χ4v) is 2.43. The number of ether oxygens (including phenoxy) is 2. The Hall–Kier alpha value is -3.35. The molecular formula is C17H14N2O5. The first-order valence-corrected chi connectivity index (χ1v) is 7.15. The van der Waals surface area contributed by atoms with Crippen molar-refractivity contribution >= 4 is 11.7 Å². The molecule has 0 aromatic heterocycles. The van der Waals surface area contributed by atoms with Gasteiger partial charge in [-0.1, -0.05) is 18.2 Å². The van der Waals surface area contributed by atoms with E-state index in [2.05, 4.69) is 5.32 Å². The molecule has 1 N–H and O–H groups in total. The lowest BCUT2D eigenvalue weighted by atomic mass is 10.0. The lowest BCUT2D eigenvalue weighted by molar-refractivity contribution is -0.436. The number of methoxy groups -OCH3 is 1. The van der Waals surface area contributed by atoms with Crippen LogP contribution in [0.3, 0.4) is 0 Å². The Bertz CT molecular complexity index is 814. The molecular weight excluding hydrogens is 312 g/mol. The summed E-state index contributed by atoms with van der Waals surface area (Å²) in [6.07, 6.45) is 0.205. The number of nitro groups is 1. The van der Waals surface area contributed by atoms with E-state index in [1.165, 1.54) is 6.20 Å². The van der Waals surface area contributed by atoms with E-state index >= 15 is 0 Å². The van der Waals surface area contributed by atoms with Crippen molar-refractivity contribution in [1.82, 2.24) is 0 Å². The number of fused-ring (bicyclic) bond motifs is 1. The van der Waals surface area contributed by atoms with Gasteiger partial charge in [0.25, 0.3) is 0 Å². The zero-order valence-electron chi connectivity index (χ0n) is 12.8. The van der Waals surface area contributed by atoms with E-state index in [4.69, 9.17) is 9.47 Å². The maximum atomic E-state index is 11.8. The summed E-state index contributed by atoms with van der Waals surface area (Å²) in [5.41, 5.74) is 1.23. The van der Waals surface area contributed by atoms with Crippen LogP contribution in [0.25, 0.3) is 0 Å². The highest BCUT2D eigenvalue weighted by atomic mass is 16.6. The summed E-state index contributed by atoms with van der Waals surface area (Å²) in [5.74, 6) is 0.116. The highest BCUT2D eigenvalue weighted by Crippen LogP contribution is 2.35. The van der Waals surface area contributed by atoms with Gasteiger partial charge in [0, 0.05) is 11.3 Å². The van der Waals surface area contributed by atoms with E-state index < -0.39 is 17.0 Å². The maximum Gasteiger partial charge on any atom is 0.339 e. The molecule has 1 atom stereocenters. The normalized spacial score (nSPS) is 16.3. The Kier molecular flexibility index (Phi) is 4.15. The minimum Gasteiger partial charge on any atom is -0.497 e. The van der Waals surface area contributed by atoms with E-state index in [9.17, 15) is 14.9 Å². The third kappa shape index (κ3) is 2.91. The van der Waals surface area contributed by atoms with Gasteiger partial charge in [-0.05, 0) is 30.3 Å². The average molecular weight is 326 g/mol. The van der Waals surface area contributed by atoms with Crippen LogP contribution in [0, 0.1) is 10.1 Å². The number of cyclic esters (lactones) is 1. The number of anilines is 1. The van der Waals surface area contributed by atoms with E-state index in [-0.39, 0.29) is 5.70 Å². The quantitative estimate of drug-likeness (QED) is 0.516. The lowest BCUT2D eigenvalue weighted by Gasteiger charge is -2.09. The number of nitrogens with zero attached hydrogens (tertiary/aromatic N) is 1. The largest absolute Gasteiger partial charge is 0.497 e. The first kappa shape index (κ1) is 15.5. The van der Waals surface area contributed by atoms with E-state index in [1.807, 2.05) is 0 Å². The van der Waals surface area contributed by atoms with Crippen LogP contribution in [-0.4, -0.2) is 18.0 Å². The molecule has 24 heavy (non-hydrogen) atoms. The summed E-state index contributed by atoms with van der Waals surface area (Å²) < 4.78 is 10.2. The van der Waals surface area contributed by atoms with Crippen LogP contribution in [0.4, 0.5) is 5.69 Å². The molecule has 122 valence electrons. The van der Waals surface area contributed by atoms with Gasteiger partial charge in [0.05, 0.1) is 23.8 Å². The Morgan fingerprint density at radius 3 is 2.62 bits per heavy atom. The minimum absolute atomic E-state index is 0.246. The zero-order chi connectivity index (χ0) is 17.1. The fraction of sp³-hybridized carbons (Fsp3) is 0.118. The van der Waals surface area contributed by atoms with Crippen LogP contribution in [0.1, 0.15) is 22.0 Å². The van der Waals surface area contributed by atoms with Crippen LogP contribution in [0.5, 0.6) is 5.75 Å². The highest BCUT2D eigenvalue weighted by Gasteiger charge is 2.39. The number of nitrogens with one attached hydrogen (secondary N) is 1. The van der Waals surface area contributed by atoms with Crippen molar-refractivity contribution in [3.8, 4) is 5.75 Å². The molecule has 1 heterocycles. The predicted octanol–water partition coefficient (Wildman–Crippen LogP) is 3.14. The molecule has 0 saturated carbocycles. The van der Waals surface area contributed by atoms with Crippen molar-refractivity contribution in [1.29, 1.82) is 0 Å². The summed E-state index contributed by atoms with van der Waals surface area (Å²) in [6.45, 7) is 0. The van der Waals surface area contributed by atoms with Crippen molar-refractivity contribution in [2.24, 2.45) is 0 Å². The number of esters is 1. The van der Waals surface area contributed by atoms with Crippen molar-refractivity contribution < 1.29 is 19.2 Å². The molecule has 0 amide bonds. The molecule has 1 aliphatic heterocycles. The molecule has 0 unspecified atom stereocenters. The van der Waals surface area contributed by atoms with Crippen molar-refractivity contribution in [2.45, 2.75) is 6.10 Å². The van der Waals surface area contributed by atoms with Crippen LogP contribution < -0.4 is 10.1 Å². The molecule has 1 aliphatic rings. The summed E-state index contributed by atoms with van der Waals surface area (Å²) >= 11 is 0. The molecule has 2 aromatic rings. The Balaban J connectivity index is 1.87. The second-order valence-electron chi connectivity index (χ2n) is 5.07. The van der Waals surface area contributed by atoms with Gasteiger partial charge in [0.1, 0.15) is 5.75 Å². The second-order valence-corrected chi connectivity index (χ2v) is 5.07. The molecule has 0 bridgehead atoms. The van der Waals surface area contributed by atoms with Crippen molar-refractivity contribution in [3.63, 3.8) is 0 Å². The smallest absolute Gasteiger partial charge is 0.339 e. The Morgan fingerprint density at radius 1 is 1.25 bits per heavy atom. The number of hydrogen-bond acceptors (Lipinski definition) is 6. The second kappa shape index (κ2) is 6.41. The van der Waals surface area contributed by atoms with E-state index in [0.717, 1.165) is 0 Å². The monoisotopic (exact) mass is 326 g/mol. The molecule has 2 aromatic carbocycles. The number of carbonyl (C=O) groups excluding carboxylic acids is 1. The van der Waals surface area contributed by atoms with Crippen molar-refractivity contribution in [3.05, 3.63) is 81.7 Å². The van der Waals surface area contributed by atoms with Gasteiger partial charge in [-0.3, -0.25) is 10.1 Å². The van der Waals surface area contributed by atoms with Crippen LogP contribution in [0.15, 0.2) is 60.4 Å². The number of hydrogen-bond donors (Lipinski definition) is 1. The molecule has 0 spiro atoms. The summed E-state index contributed by atoms with van der Waals surface area (Å²) in [6, 6.07) is 13.5. The van der Waals surface area contributed by atoms with Crippen LogP contribution in [0.2, 0.25) is 0 Å². The summed E-state index contributed by atoms with van der Waals surface area (Å²) in [7, 11) is 1.55. The van der Waals surface area contributed by atoms with Crippen LogP contribution in [-0.2, 0) is 4.74 Å². The van der Waals surface area contributed by atoms with Gasteiger partial charge in [-0.25, -0.2) is 4.79 Å². The number of carbonyl (C=O) groups is 1. The minimum atomic E-state index is -1.03. The van der Waals surface area contributed by atoms with Gasteiger partial charge in [-0.2, -0.15) is 0 Å². The van der Waals surface area contributed by atoms with Gasteiger partial charge in [-0.15, -0.1) is 0 Å². The third-order valence-electron chi connectivity index (χ3n) is 3.64. The Labute approximate surface area is 137 Å². The van der Waals surface area contributed by atoms with Crippen LogP contribution >= 0.6 is 0 Å². The molecule has 0 saturated heterocycles. The topological polar surface area (TPSA) is 90.7 Å². The standard InChI is InChI=1S/C17H14N2O5/c1-23-12-8-6-11(7-9-12)18-10-15(19(21)22)16-13-4-2-3-5-14(13)17(20)24-16/h2-10,16,18H,1H3/t16-/m0/s1. The molecule has 7 nitrogen and oxygen atoms in total. The lowest BCUT2D eigenvalue weighted by Crippen LogP contribution is -2.12. The van der Waals surface area contributed by atoms with Gasteiger partial charge >= 0.3 is 11.7 Å². The average Bonchev–Trinajstić information content (AvgIpc) is 2.93. The van der Waals surface area contributed by atoms with E-state index in [1.54, 1.807) is 55.6 Å². The first-order chi connectivity index (χ1) is 11.6. The first-order valence-electron chi connectivity index (χ1n) is 7.15. The molecule has 7 heteroatoms. The Morgan fingerprint density at radius 2 is 1.96 bits per heavy atom. The zero-order valence-corrected chi connectivity index (χ0v) is 12.8. The SMILES string of the molecule is COc1ccc(NC=C([C@H]2OC(=O)c3ccccc32)[N+](=O)[O-])cc1. The van der Waals surface area contributed by atoms with Gasteiger partial charge < -0.3 is 14.8 Å². The third-order valence-corrected chi connectivity index (χ3v) is 3.64. The molecule has 0 radical (unpaired) electrons. The highest BCUT2D eigenvalue weighted by molar-refractivity contribution is 5.94. The van der Waals surface area contributed by atoms with Gasteiger partial charge in [0.2, 0.25) is 6.10 Å². The summed E-state index contributed by atoms with van der Waals surface area (Å²) in [5, 5.41) is 14.3. The molecule has 0 fully saturated rings. The van der Waals surface area contributed by atoms with Crippen molar-refractivity contribution in [2.75, 3.05) is 12.4 Å². The predicted molar refractivity (Wildman–Crippen MR) is 86.3 cm³/mol. The fourth-order valence-electron chi connectivity index (χ4n) is 2.43. The van der Waals surface area contributed by atoms with E-state index in [0.29, 0.717) is 22.6 Å². The molecule has 0 aliphatic carbocycles. The summed E-state index contributed by atoms with van der Waals surface area (Å²) in [4.78, 5) is 22.7. The van der Waals surface area contributed by atoms with Gasteiger partial charge in [0.15, 0.2) is 0 Å².